The van der Waals surface area contributed by atoms with Crippen LogP contribution >= 0.6 is 0 Å². The van der Waals surface area contributed by atoms with Crippen molar-refractivity contribution in [2.75, 3.05) is 9.80 Å². The number of oxazole rings is 1. The van der Waals surface area contributed by atoms with Gasteiger partial charge in [0.25, 0.3) is 6.71 Å². The van der Waals surface area contributed by atoms with Crippen molar-refractivity contribution in [1.29, 1.82) is 0 Å². The van der Waals surface area contributed by atoms with Crippen LogP contribution < -0.4 is 26.3 Å². The number of furan rings is 1. The summed E-state index contributed by atoms with van der Waals surface area (Å²) in [5.74, 6) is 1.34. The Balaban J connectivity index is 1.29. The van der Waals surface area contributed by atoms with Crippen molar-refractivity contribution >= 4 is 79.5 Å². The molecule has 354 valence electrons. The van der Waals surface area contributed by atoms with E-state index in [1.54, 1.807) is 0 Å². The molecule has 0 atom stereocenters. The Labute approximate surface area is 412 Å². The fraction of sp³-hybridized carbons (Fsp3) is 0.381. The summed E-state index contributed by atoms with van der Waals surface area (Å²) in [7, 11) is 0. The van der Waals surface area contributed by atoms with E-state index in [2.05, 4.69) is 244 Å². The summed E-state index contributed by atoms with van der Waals surface area (Å²) in [6.45, 7) is 41.3. The molecule has 0 aliphatic carbocycles. The van der Waals surface area contributed by atoms with Gasteiger partial charge in [-0.05, 0) is 150 Å². The average molecular weight is 914 g/mol. The highest BCUT2D eigenvalue weighted by molar-refractivity contribution is 6.99. The molecule has 0 unspecified atom stereocenters. The van der Waals surface area contributed by atoms with E-state index in [9.17, 15) is 0 Å². The minimum atomic E-state index is -0.206. The molecule has 0 saturated heterocycles. The van der Waals surface area contributed by atoms with E-state index < -0.39 is 0 Å². The van der Waals surface area contributed by atoms with Crippen molar-refractivity contribution in [3.8, 4) is 11.5 Å². The third-order valence-corrected chi connectivity index (χ3v) is 14.8. The molecule has 69 heavy (non-hydrogen) atoms. The fourth-order valence-electron chi connectivity index (χ4n) is 10.3. The lowest BCUT2D eigenvalue weighted by Crippen LogP contribution is -2.61. The zero-order valence-corrected chi connectivity index (χ0v) is 44.6. The van der Waals surface area contributed by atoms with Crippen LogP contribution in [0.5, 0.6) is 0 Å². The van der Waals surface area contributed by atoms with Crippen molar-refractivity contribution in [3.63, 3.8) is 0 Å². The maximum absolute atomic E-state index is 7.38. The first-order chi connectivity index (χ1) is 32.0. The van der Waals surface area contributed by atoms with Gasteiger partial charge in [0.05, 0.1) is 5.59 Å². The first-order valence-corrected chi connectivity index (χ1v) is 25.1. The lowest BCUT2D eigenvalue weighted by atomic mass is 9.35. The SMILES string of the molecule is CC(C)(C)c1cc(N2c3ccc(C(C)(C)C)cc3B3c4nc(-c5ccc6oc7ccc(C(C)(C)C)cc7c6c5)oc4N(c4cc(C(C)(C)C)cc(C(C)(C)C)c4)c4cccc2c43)cc(C(C)(C)C)c1. The Kier molecular flexibility index (Phi) is 10.3. The Morgan fingerprint density at radius 2 is 0.855 bits per heavy atom. The van der Waals surface area contributed by atoms with Gasteiger partial charge < -0.3 is 13.7 Å². The molecular weight excluding hydrogens is 842 g/mol. The Morgan fingerprint density at radius 1 is 0.406 bits per heavy atom. The van der Waals surface area contributed by atoms with Crippen molar-refractivity contribution in [2.24, 2.45) is 0 Å². The van der Waals surface area contributed by atoms with Crippen molar-refractivity contribution in [1.82, 2.24) is 4.98 Å². The van der Waals surface area contributed by atoms with Crippen LogP contribution in [-0.4, -0.2) is 11.7 Å². The van der Waals surface area contributed by atoms with Gasteiger partial charge in [0.1, 0.15) is 11.2 Å². The molecule has 10 rings (SSSR count). The van der Waals surface area contributed by atoms with Crippen molar-refractivity contribution < 1.29 is 8.83 Å². The predicted molar refractivity (Wildman–Crippen MR) is 295 cm³/mol. The van der Waals surface area contributed by atoms with Gasteiger partial charge >= 0.3 is 0 Å². The number of benzene rings is 6. The van der Waals surface area contributed by atoms with E-state index in [0.717, 1.165) is 56.0 Å². The standard InChI is InChI=1S/C63H72BN3O2/c1-58(2,3)38-24-27-53-47(35-38)46-28-37(22-26-52(46)68-53)56-65-55-57(69-56)67(45-33-42(62(13,14)15)30-43(34-45)63(16,17)18)51-21-19-20-50-54(51)64(55)48-36-39(59(4,5)6)23-25-49(48)66(50)44-31-40(60(7,8)9)29-41(32-44)61(10,11)12/h19-36H,1-18H3. The molecule has 8 aromatic rings. The molecule has 6 heteroatoms. The van der Waals surface area contributed by atoms with Gasteiger partial charge in [-0.1, -0.05) is 161 Å². The smallest absolute Gasteiger partial charge is 0.279 e. The van der Waals surface area contributed by atoms with Crippen LogP contribution in [0.4, 0.5) is 34.3 Å². The van der Waals surface area contributed by atoms with Crippen LogP contribution in [0.15, 0.2) is 118 Å². The van der Waals surface area contributed by atoms with E-state index in [-0.39, 0.29) is 39.2 Å². The molecule has 2 aliphatic rings. The monoisotopic (exact) mass is 914 g/mol. The minimum absolute atomic E-state index is 0.00548. The third-order valence-electron chi connectivity index (χ3n) is 14.8. The second kappa shape index (κ2) is 15.2. The van der Waals surface area contributed by atoms with Gasteiger partial charge in [-0.3, -0.25) is 4.90 Å². The van der Waals surface area contributed by atoms with Crippen molar-refractivity contribution in [3.05, 3.63) is 143 Å². The molecule has 6 aromatic carbocycles. The summed E-state index contributed by atoms with van der Waals surface area (Å²) in [4.78, 5) is 10.6. The Morgan fingerprint density at radius 3 is 1.38 bits per heavy atom. The maximum atomic E-state index is 7.38. The largest absolute Gasteiger partial charge is 0.456 e. The van der Waals surface area contributed by atoms with E-state index >= 15 is 0 Å². The van der Waals surface area contributed by atoms with Gasteiger partial charge in [0, 0.05) is 44.8 Å². The van der Waals surface area contributed by atoms with Crippen LogP contribution in [0.2, 0.25) is 0 Å². The number of hydrogen-bond donors (Lipinski definition) is 0. The molecule has 5 nitrogen and oxygen atoms in total. The zero-order valence-electron chi connectivity index (χ0n) is 44.6. The molecule has 2 aromatic heterocycles. The highest BCUT2D eigenvalue weighted by Crippen LogP contribution is 2.48. The number of anilines is 6. The third kappa shape index (κ3) is 8.00. The molecule has 0 bridgehead atoms. The van der Waals surface area contributed by atoms with Gasteiger partial charge in [-0.2, -0.15) is 0 Å². The Hall–Kier alpha value is -6.01. The zero-order chi connectivity index (χ0) is 49.7. The summed E-state index contributed by atoms with van der Waals surface area (Å²) >= 11 is 0. The Bertz CT molecular complexity index is 3290. The van der Waals surface area contributed by atoms with Crippen LogP contribution in [0.3, 0.4) is 0 Å². The topological polar surface area (TPSA) is 45.7 Å². The van der Waals surface area contributed by atoms with E-state index in [0.29, 0.717) is 5.89 Å². The van der Waals surface area contributed by atoms with Gasteiger partial charge in [-0.15, -0.1) is 0 Å². The van der Waals surface area contributed by atoms with E-state index in [1.165, 1.54) is 55.7 Å². The first kappa shape index (κ1) is 46.7. The van der Waals surface area contributed by atoms with Crippen LogP contribution in [-0.2, 0) is 32.5 Å². The van der Waals surface area contributed by atoms with Crippen LogP contribution in [0, 0.1) is 0 Å². The maximum Gasteiger partial charge on any atom is 0.279 e. The number of hydrogen-bond acceptors (Lipinski definition) is 5. The molecule has 0 saturated carbocycles. The number of aromatic nitrogens is 1. The molecule has 0 fully saturated rings. The lowest BCUT2D eigenvalue weighted by molar-refractivity contribution is 0.566. The second-order valence-corrected chi connectivity index (χ2v) is 26.4. The quantitative estimate of drug-likeness (QED) is 0.165. The molecule has 0 spiro atoms. The highest BCUT2D eigenvalue weighted by Gasteiger charge is 2.47. The summed E-state index contributed by atoms with van der Waals surface area (Å²) in [6, 6.07) is 41.5. The molecule has 0 radical (unpaired) electrons. The first-order valence-electron chi connectivity index (χ1n) is 25.1. The highest BCUT2D eigenvalue weighted by atomic mass is 16.4. The lowest BCUT2D eigenvalue weighted by Gasteiger charge is -2.43. The fourth-order valence-corrected chi connectivity index (χ4v) is 10.3. The predicted octanol–water partition coefficient (Wildman–Crippen LogP) is 16.1. The van der Waals surface area contributed by atoms with Crippen LogP contribution in [0.1, 0.15) is 158 Å². The summed E-state index contributed by atoms with van der Waals surface area (Å²) in [5, 5.41) is 2.16. The van der Waals surface area contributed by atoms with E-state index in [4.69, 9.17) is 13.8 Å². The normalized spacial score (nSPS) is 14.4. The molecular formula is C63H72BN3O2. The minimum Gasteiger partial charge on any atom is -0.456 e. The number of fused-ring (bicyclic) bond motifs is 7. The van der Waals surface area contributed by atoms with E-state index in [1.807, 2.05) is 0 Å². The summed E-state index contributed by atoms with van der Waals surface area (Å²) in [6.07, 6.45) is 0. The summed E-state index contributed by atoms with van der Waals surface area (Å²) < 4.78 is 13.8. The van der Waals surface area contributed by atoms with Crippen LogP contribution in [0.25, 0.3) is 33.4 Å². The van der Waals surface area contributed by atoms with Crippen molar-refractivity contribution in [2.45, 2.75) is 157 Å². The van der Waals surface area contributed by atoms with Gasteiger partial charge in [0.15, 0.2) is 0 Å². The number of rotatable bonds is 3. The second-order valence-electron chi connectivity index (χ2n) is 26.4. The van der Waals surface area contributed by atoms with Gasteiger partial charge in [-0.25, -0.2) is 4.98 Å². The summed E-state index contributed by atoms with van der Waals surface area (Å²) in [5.41, 5.74) is 19.0. The average Bonchev–Trinajstić information content (AvgIpc) is 3.85. The molecule has 4 heterocycles. The van der Waals surface area contributed by atoms with Gasteiger partial charge in [0.2, 0.25) is 11.8 Å². The molecule has 0 amide bonds. The number of nitrogens with zero attached hydrogens (tertiary/aromatic N) is 3. The molecule has 0 N–H and O–H groups in total. The molecule has 2 aliphatic heterocycles.